The van der Waals surface area contributed by atoms with Gasteiger partial charge in [0.1, 0.15) is 12.4 Å². The molecule has 0 saturated carbocycles. The Bertz CT molecular complexity index is 2340. The lowest BCUT2D eigenvalue weighted by atomic mass is 9.63. The molecule has 6 aromatic rings. The topological polar surface area (TPSA) is 91.1 Å². The quantitative estimate of drug-likeness (QED) is 0.117. The normalized spacial score (nSPS) is 18.1. The second-order valence-electron chi connectivity index (χ2n) is 17.4. The number of likely N-dealkylation sites (tertiary alicyclic amines) is 1. The van der Waals surface area contributed by atoms with Gasteiger partial charge in [-0.2, -0.15) is 9.97 Å². The number of hydrogen-bond acceptors (Lipinski definition) is 8. The second-order valence-corrected chi connectivity index (χ2v) is 17.4. The van der Waals surface area contributed by atoms with Gasteiger partial charge >= 0.3 is 6.01 Å². The summed E-state index contributed by atoms with van der Waals surface area (Å²) in [5, 5.41) is 2.57. The van der Waals surface area contributed by atoms with Gasteiger partial charge in [-0.05, 0) is 93.4 Å². The minimum atomic E-state index is -0.662. The molecule has 0 radical (unpaired) electrons. The molecule has 9 rings (SSSR count). The average Bonchev–Trinajstić information content (AvgIpc) is 3.72. The van der Waals surface area contributed by atoms with E-state index in [2.05, 4.69) is 168 Å². The predicted molar refractivity (Wildman–Crippen MR) is 246 cm³/mol. The number of rotatable bonds is 13. The zero-order valence-electron chi connectivity index (χ0n) is 35.9. The number of aryl methyl sites for hydroxylation is 1. The fourth-order valence-electron chi connectivity index (χ4n) is 10.8. The van der Waals surface area contributed by atoms with E-state index in [0.29, 0.717) is 25.2 Å². The van der Waals surface area contributed by atoms with Gasteiger partial charge in [0.15, 0.2) is 0 Å². The Hall–Kier alpha value is -5.77. The Balaban J connectivity index is 1.03. The van der Waals surface area contributed by atoms with Gasteiger partial charge < -0.3 is 25.2 Å². The molecule has 61 heavy (non-hydrogen) atoms. The van der Waals surface area contributed by atoms with Crippen molar-refractivity contribution in [3.05, 3.63) is 161 Å². The summed E-state index contributed by atoms with van der Waals surface area (Å²) in [5.41, 5.74) is 13.8. The third-order valence-corrected chi connectivity index (χ3v) is 13.9. The van der Waals surface area contributed by atoms with Gasteiger partial charge in [-0.15, -0.1) is 0 Å². The highest BCUT2D eigenvalue weighted by Gasteiger charge is 2.48. The van der Waals surface area contributed by atoms with E-state index in [4.69, 9.17) is 20.4 Å². The van der Waals surface area contributed by atoms with Crippen LogP contribution in [0.2, 0.25) is 0 Å². The predicted octanol–water partition coefficient (Wildman–Crippen LogP) is 8.15. The van der Waals surface area contributed by atoms with Crippen molar-refractivity contribution in [1.82, 2.24) is 19.8 Å². The molecule has 1 amide bonds. The first-order chi connectivity index (χ1) is 29.8. The monoisotopic (exact) mass is 813 g/mol. The van der Waals surface area contributed by atoms with Crippen LogP contribution in [0.1, 0.15) is 65.6 Å². The summed E-state index contributed by atoms with van der Waals surface area (Å²) in [7, 11) is 4.39. The van der Waals surface area contributed by atoms with E-state index in [1.165, 1.54) is 34.0 Å². The maximum Gasteiger partial charge on any atom is 0.318 e. The first-order valence-electron chi connectivity index (χ1n) is 22.2. The fraction of sp³-hybridized carbons (Fsp3) is 0.365. The third-order valence-electron chi connectivity index (χ3n) is 13.9. The molecule has 0 spiro atoms. The van der Waals surface area contributed by atoms with E-state index in [1.54, 1.807) is 0 Å². The molecule has 2 saturated heterocycles. The zero-order valence-corrected chi connectivity index (χ0v) is 35.9. The number of nitrogens with two attached hydrogens (primary N) is 1. The number of likely N-dealkylation sites (N-methyl/N-ethyl adjacent to an activating group) is 2. The van der Waals surface area contributed by atoms with Gasteiger partial charge in [0.05, 0.1) is 17.7 Å². The van der Waals surface area contributed by atoms with E-state index in [1.807, 2.05) is 0 Å². The molecule has 0 bridgehead atoms. The SMILES string of the molecule is Cc1cccc2cccc(N3CCc4c(nc(OC[C@@H]5CCCN5C)nc4N4CCC(N(C)C(CC(N)=O)C(c5ccccc5)(c5ccccc5)c5ccccc5)CC4)C3)c12. The molecule has 1 aromatic heterocycles. The van der Waals surface area contributed by atoms with Crippen molar-refractivity contribution in [3.8, 4) is 6.01 Å². The number of hydrogen-bond donors (Lipinski definition) is 1. The highest BCUT2D eigenvalue weighted by molar-refractivity contribution is 5.97. The minimum Gasteiger partial charge on any atom is -0.462 e. The molecule has 314 valence electrons. The van der Waals surface area contributed by atoms with Crippen LogP contribution in [-0.2, 0) is 23.2 Å². The highest BCUT2D eigenvalue weighted by atomic mass is 16.5. The molecule has 9 nitrogen and oxygen atoms in total. The summed E-state index contributed by atoms with van der Waals surface area (Å²) in [5.74, 6) is 0.702. The number of ether oxygens (including phenoxy) is 1. The van der Waals surface area contributed by atoms with Gasteiger partial charge in [0.25, 0.3) is 0 Å². The van der Waals surface area contributed by atoms with Crippen LogP contribution in [0, 0.1) is 6.92 Å². The van der Waals surface area contributed by atoms with Crippen molar-refractivity contribution in [2.45, 2.75) is 75.5 Å². The fourth-order valence-corrected chi connectivity index (χ4v) is 10.8. The summed E-state index contributed by atoms with van der Waals surface area (Å²) in [6.45, 7) is 7.13. The maximum absolute atomic E-state index is 13.2. The highest BCUT2D eigenvalue weighted by Crippen LogP contribution is 2.46. The molecular formula is C52H59N7O2. The number of carbonyl (C=O) groups is 1. The van der Waals surface area contributed by atoms with Gasteiger partial charge in [0.2, 0.25) is 5.91 Å². The molecule has 9 heteroatoms. The van der Waals surface area contributed by atoms with Crippen LogP contribution in [0.5, 0.6) is 6.01 Å². The van der Waals surface area contributed by atoms with Gasteiger partial charge in [-0.25, -0.2) is 0 Å². The number of piperidine rings is 1. The molecule has 1 unspecified atom stereocenters. The van der Waals surface area contributed by atoms with E-state index < -0.39 is 5.41 Å². The number of benzene rings is 5. The molecule has 4 heterocycles. The van der Waals surface area contributed by atoms with Crippen LogP contribution in [-0.4, -0.2) is 90.7 Å². The Labute approximate surface area is 361 Å². The van der Waals surface area contributed by atoms with Crippen molar-refractivity contribution in [3.63, 3.8) is 0 Å². The van der Waals surface area contributed by atoms with Gasteiger partial charge in [0, 0.05) is 60.8 Å². The van der Waals surface area contributed by atoms with Crippen LogP contribution in [0.4, 0.5) is 11.5 Å². The van der Waals surface area contributed by atoms with E-state index >= 15 is 0 Å². The number of primary amides is 1. The Morgan fingerprint density at radius 2 is 1.41 bits per heavy atom. The molecule has 2 fully saturated rings. The number of amides is 1. The lowest BCUT2D eigenvalue weighted by molar-refractivity contribution is -0.119. The van der Waals surface area contributed by atoms with Crippen molar-refractivity contribution < 1.29 is 9.53 Å². The molecule has 2 atom stereocenters. The first kappa shape index (κ1) is 40.6. The molecule has 5 aromatic carbocycles. The number of carbonyl (C=O) groups excluding carboxylic acids is 1. The summed E-state index contributed by atoms with van der Waals surface area (Å²) < 4.78 is 6.52. The van der Waals surface area contributed by atoms with E-state index in [9.17, 15) is 4.79 Å². The van der Waals surface area contributed by atoms with Gasteiger partial charge in [-0.1, -0.05) is 121 Å². The Kier molecular flexibility index (Phi) is 11.8. The molecular weight excluding hydrogens is 755 g/mol. The average molecular weight is 814 g/mol. The van der Waals surface area contributed by atoms with Crippen LogP contribution >= 0.6 is 0 Å². The lowest BCUT2D eigenvalue weighted by Gasteiger charge is -2.50. The van der Waals surface area contributed by atoms with Crippen molar-refractivity contribution in [2.24, 2.45) is 5.73 Å². The minimum absolute atomic E-state index is 0.201. The smallest absolute Gasteiger partial charge is 0.318 e. The number of fused-ring (bicyclic) bond motifs is 2. The van der Waals surface area contributed by atoms with Crippen molar-refractivity contribution in [2.75, 3.05) is 56.7 Å². The number of nitrogens with zero attached hydrogens (tertiary/aromatic N) is 6. The van der Waals surface area contributed by atoms with Crippen molar-refractivity contribution >= 4 is 28.2 Å². The Morgan fingerprint density at radius 3 is 2.00 bits per heavy atom. The van der Waals surface area contributed by atoms with Crippen LogP contribution in [0.15, 0.2) is 127 Å². The number of anilines is 2. The molecule has 2 N–H and O–H groups in total. The lowest BCUT2D eigenvalue weighted by Crippen LogP contribution is -2.57. The molecule has 0 aliphatic carbocycles. The molecule has 3 aliphatic rings. The van der Waals surface area contributed by atoms with Crippen LogP contribution < -0.4 is 20.3 Å². The summed E-state index contributed by atoms with van der Waals surface area (Å²) in [6.07, 6.45) is 5.19. The summed E-state index contributed by atoms with van der Waals surface area (Å²) in [6, 6.07) is 46.0. The van der Waals surface area contributed by atoms with Crippen LogP contribution in [0.3, 0.4) is 0 Å². The van der Waals surface area contributed by atoms with Gasteiger partial charge in [-0.3, -0.25) is 9.69 Å². The molecule has 3 aliphatic heterocycles. The summed E-state index contributed by atoms with van der Waals surface area (Å²) in [4.78, 5) is 33.5. The zero-order chi connectivity index (χ0) is 41.9. The largest absolute Gasteiger partial charge is 0.462 e. The standard InChI is InChI=1S/C52H59N7O2/c1-37-16-13-17-38-18-14-26-46(49(37)38)59-33-29-44-45(35-59)54-51(61-36-43-25-15-30-56(43)2)55-50(44)58-31-27-42(28-32-58)57(3)47(34-48(53)60)52(39-19-7-4-8-20-39,40-21-9-5-10-22-40)41-23-11-6-12-24-41/h4-14,16-24,26,42-43,47H,15,25,27-36H2,1-3H3,(H2,53,60)/t43-,47?/m0/s1. The first-order valence-corrected chi connectivity index (χ1v) is 22.2. The van der Waals surface area contributed by atoms with E-state index in [0.717, 1.165) is 80.1 Å². The third kappa shape index (κ3) is 7.97. The van der Waals surface area contributed by atoms with Crippen LogP contribution in [0.25, 0.3) is 10.8 Å². The maximum atomic E-state index is 13.2. The number of aromatic nitrogens is 2. The second kappa shape index (κ2) is 17.7. The Morgan fingerprint density at radius 1 is 0.787 bits per heavy atom. The van der Waals surface area contributed by atoms with Crippen molar-refractivity contribution in [1.29, 1.82) is 0 Å². The van der Waals surface area contributed by atoms with E-state index in [-0.39, 0.29) is 24.4 Å². The summed E-state index contributed by atoms with van der Waals surface area (Å²) >= 11 is 0.